The van der Waals surface area contributed by atoms with Crippen molar-refractivity contribution < 1.29 is 29.3 Å². The Morgan fingerprint density at radius 2 is 1.55 bits per heavy atom. The molecular weight excluding hydrogens is 556 g/mol. The average molecular weight is 601 g/mol. The summed E-state index contributed by atoms with van der Waals surface area (Å²) in [6.45, 7) is 3.54. The zero-order valence-corrected chi connectivity index (χ0v) is 25.3. The van der Waals surface area contributed by atoms with E-state index in [1.165, 1.54) is 19.3 Å². The molecule has 8 heteroatoms. The van der Waals surface area contributed by atoms with Gasteiger partial charge in [0.1, 0.15) is 0 Å². The molecule has 0 unspecified atom stereocenters. The largest absolute Gasteiger partial charge is 0.481 e. The molecule has 2 aliphatic rings. The van der Waals surface area contributed by atoms with Crippen LogP contribution in [-0.2, 0) is 32.2 Å². The van der Waals surface area contributed by atoms with Crippen LogP contribution in [0, 0.1) is 0 Å². The number of hydrogen-bond acceptors (Lipinski definition) is 6. The number of aliphatic hydroxyl groups is 1. The number of rotatable bonds is 13. The molecular formula is C36H44N2O6. The number of hydrogen-bond donors (Lipinski definition) is 3. The average Bonchev–Trinajstić information content (AvgIpc) is 3.06. The number of carbonyl (C=O) groups is 2. The maximum atomic E-state index is 12.3. The van der Waals surface area contributed by atoms with Gasteiger partial charge < -0.3 is 29.9 Å². The second-order valence-electron chi connectivity index (χ2n) is 11.9. The number of nitrogens with one attached hydrogen (secondary N) is 1. The van der Waals surface area contributed by atoms with Gasteiger partial charge in [-0.1, -0.05) is 79.2 Å². The molecule has 8 nitrogen and oxygen atoms in total. The summed E-state index contributed by atoms with van der Waals surface area (Å²) in [5, 5.41) is 21.3. The first kappa shape index (κ1) is 31.9. The van der Waals surface area contributed by atoms with Crippen LogP contribution < -0.4 is 5.32 Å². The minimum Gasteiger partial charge on any atom is -0.481 e. The number of ether oxygens (including phenoxy) is 2. The van der Waals surface area contributed by atoms with Crippen molar-refractivity contribution in [2.45, 2.75) is 83.0 Å². The van der Waals surface area contributed by atoms with E-state index >= 15 is 0 Å². The third-order valence-corrected chi connectivity index (χ3v) is 8.56. The van der Waals surface area contributed by atoms with E-state index in [9.17, 15) is 14.7 Å². The second-order valence-corrected chi connectivity index (χ2v) is 11.9. The van der Waals surface area contributed by atoms with E-state index in [2.05, 4.69) is 40.5 Å². The van der Waals surface area contributed by atoms with Crippen LogP contribution >= 0.6 is 0 Å². The summed E-state index contributed by atoms with van der Waals surface area (Å²) in [5.74, 6) is -0.913. The van der Waals surface area contributed by atoms with Crippen molar-refractivity contribution in [3.8, 4) is 11.1 Å². The van der Waals surface area contributed by atoms with Gasteiger partial charge in [-0.25, -0.2) is 0 Å². The molecule has 0 aliphatic carbocycles. The van der Waals surface area contributed by atoms with E-state index in [1.54, 1.807) is 0 Å². The summed E-state index contributed by atoms with van der Waals surface area (Å²) in [6.07, 6.45) is 5.44. The zero-order chi connectivity index (χ0) is 30.7. The quantitative estimate of drug-likeness (QED) is 0.202. The second kappa shape index (κ2) is 16.0. The Balaban J connectivity index is 1.26. The minimum atomic E-state index is -0.836. The first-order chi connectivity index (χ1) is 21.5. The molecule has 0 saturated carbocycles. The molecule has 2 aliphatic heterocycles. The third kappa shape index (κ3) is 8.99. The highest BCUT2D eigenvalue weighted by atomic mass is 16.7. The lowest BCUT2D eigenvalue weighted by molar-refractivity contribution is -0.253. The van der Waals surface area contributed by atoms with Crippen molar-refractivity contribution in [2.75, 3.05) is 19.6 Å². The van der Waals surface area contributed by atoms with Crippen LogP contribution in [0.25, 0.3) is 11.1 Å². The van der Waals surface area contributed by atoms with Gasteiger partial charge in [-0.2, -0.15) is 0 Å². The summed E-state index contributed by atoms with van der Waals surface area (Å²) in [5.41, 5.74) is 6.03. The van der Waals surface area contributed by atoms with E-state index in [0.29, 0.717) is 25.8 Å². The van der Waals surface area contributed by atoms with Gasteiger partial charge in [-0.15, -0.1) is 0 Å². The molecule has 3 N–H and O–H groups in total. The number of aliphatic hydroxyl groups excluding tert-OH is 1. The van der Waals surface area contributed by atoms with Crippen molar-refractivity contribution in [1.82, 2.24) is 10.2 Å². The number of unbranched alkanes of at least 4 members (excludes halogenated alkanes) is 1. The molecule has 2 heterocycles. The molecule has 44 heavy (non-hydrogen) atoms. The lowest BCUT2D eigenvalue weighted by atomic mass is 9.97. The van der Waals surface area contributed by atoms with Gasteiger partial charge in [0.25, 0.3) is 0 Å². The van der Waals surface area contributed by atoms with Crippen LogP contribution in [0.4, 0.5) is 0 Å². The molecule has 5 rings (SSSR count). The number of carboxylic acids is 1. The Bertz CT molecular complexity index is 1350. The van der Waals surface area contributed by atoms with Gasteiger partial charge in [-0.05, 0) is 66.6 Å². The standard InChI is InChI=1S/C36H44N2O6/c39-25-26-12-14-28(15-13-26)33-22-31(24-38-20-6-1-7-21-38)43-36(44-33)29-18-16-27(17-19-29)32-9-3-2-8-30(32)23-37-34(40)10-4-5-11-35(41)42/h2-3,8-9,12-19,31,33,36,39H,1,4-7,10-11,20-25H2,(H,37,40)(H,41,42)/t31-,33+,36+/m0/s1. The predicted molar refractivity (Wildman–Crippen MR) is 169 cm³/mol. The smallest absolute Gasteiger partial charge is 0.303 e. The molecule has 3 aromatic carbocycles. The van der Waals surface area contributed by atoms with Gasteiger partial charge in [0.05, 0.1) is 18.8 Å². The fourth-order valence-corrected chi connectivity index (χ4v) is 6.08. The highest BCUT2D eigenvalue weighted by Crippen LogP contribution is 2.39. The van der Waals surface area contributed by atoms with Crippen molar-refractivity contribution >= 4 is 11.9 Å². The Morgan fingerprint density at radius 3 is 2.27 bits per heavy atom. The highest BCUT2D eigenvalue weighted by Gasteiger charge is 2.33. The van der Waals surface area contributed by atoms with E-state index < -0.39 is 12.3 Å². The Labute approximate surface area is 260 Å². The van der Waals surface area contributed by atoms with Crippen LogP contribution in [0.15, 0.2) is 72.8 Å². The summed E-state index contributed by atoms with van der Waals surface area (Å²) in [4.78, 5) is 25.5. The lowest BCUT2D eigenvalue weighted by Crippen LogP contribution is -2.41. The van der Waals surface area contributed by atoms with Crippen LogP contribution in [0.1, 0.15) is 86.0 Å². The van der Waals surface area contributed by atoms with E-state index in [-0.39, 0.29) is 31.1 Å². The topological polar surface area (TPSA) is 108 Å². The number of piperidine rings is 1. The fraction of sp³-hybridized carbons (Fsp3) is 0.444. The zero-order valence-electron chi connectivity index (χ0n) is 25.3. The number of nitrogens with zero attached hydrogens (tertiary/aromatic N) is 1. The maximum Gasteiger partial charge on any atom is 0.303 e. The number of aliphatic carboxylic acids is 1. The van der Waals surface area contributed by atoms with Crippen LogP contribution in [0.5, 0.6) is 0 Å². The van der Waals surface area contributed by atoms with Gasteiger partial charge in [0, 0.05) is 37.9 Å². The Morgan fingerprint density at radius 1 is 0.841 bits per heavy atom. The van der Waals surface area contributed by atoms with Crippen molar-refractivity contribution in [3.05, 3.63) is 95.1 Å². The normalized spacial score (nSPS) is 20.7. The van der Waals surface area contributed by atoms with Crippen LogP contribution in [-0.4, -0.2) is 52.7 Å². The van der Waals surface area contributed by atoms with Crippen molar-refractivity contribution in [3.63, 3.8) is 0 Å². The molecule has 0 aromatic heterocycles. The molecule has 2 saturated heterocycles. The Hall–Kier alpha value is -3.56. The van der Waals surface area contributed by atoms with Crippen molar-refractivity contribution in [1.29, 1.82) is 0 Å². The summed E-state index contributed by atoms with van der Waals surface area (Å²) < 4.78 is 13.1. The number of carboxylic acid groups (broad SMARTS) is 1. The minimum absolute atomic E-state index is 0.0194. The molecule has 0 radical (unpaired) electrons. The van der Waals surface area contributed by atoms with Gasteiger partial charge in [-0.3, -0.25) is 9.59 Å². The van der Waals surface area contributed by atoms with E-state index in [4.69, 9.17) is 14.6 Å². The molecule has 2 fully saturated rings. The first-order valence-electron chi connectivity index (χ1n) is 15.9. The summed E-state index contributed by atoms with van der Waals surface area (Å²) in [6, 6.07) is 24.3. The summed E-state index contributed by atoms with van der Waals surface area (Å²) in [7, 11) is 0. The SMILES string of the molecule is O=C(O)CCCCC(=O)NCc1ccccc1-c1ccc([C@@H]2O[C@H](CN3CCCCC3)C[C@H](c3ccc(CO)cc3)O2)cc1. The van der Waals surface area contributed by atoms with Gasteiger partial charge >= 0.3 is 5.97 Å². The molecule has 3 aromatic rings. The molecule has 3 atom stereocenters. The third-order valence-electron chi connectivity index (χ3n) is 8.56. The van der Waals surface area contributed by atoms with Crippen LogP contribution in [0.2, 0.25) is 0 Å². The van der Waals surface area contributed by atoms with E-state index in [0.717, 1.165) is 59.4 Å². The molecule has 234 valence electrons. The fourth-order valence-electron chi connectivity index (χ4n) is 6.08. The molecule has 1 amide bonds. The monoisotopic (exact) mass is 600 g/mol. The van der Waals surface area contributed by atoms with Crippen molar-refractivity contribution in [2.24, 2.45) is 0 Å². The van der Waals surface area contributed by atoms with Crippen LogP contribution in [0.3, 0.4) is 0 Å². The van der Waals surface area contributed by atoms with E-state index in [1.807, 2.05) is 42.5 Å². The summed E-state index contributed by atoms with van der Waals surface area (Å²) >= 11 is 0. The number of benzene rings is 3. The van der Waals surface area contributed by atoms with Gasteiger partial charge in [0.15, 0.2) is 6.29 Å². The predicted octanol–water partition coefficient (Wildman–Crippen LogP) is 6.14. The highest BCUT2D eigenvalue weighted by molar-refractivity contribution is 5.76. The number of amides is 1. The number of likely N-dealkylation sites (tertiary alicyclic amines) is 1. The maximum absolute atomic E-state index is 12.3. The first-order valence-corrected chi connectivity index (χ1v) is 15.9. The molecule has 0 bridgehead atoms. The van der Waals surface area contributed by atoms with Gasteiger partial charge in [0.2, 0.25) is 5.91 Å². The Kier molecular flexibility index (Phi) is 11.5. The number of carbonyl (C=O) groups excluding carboxylic acids is 1. The molecule has 0 spiro atoms. The lowest BCUT2D eigenvalue weighted by Gasteiger charge is -2.39.